The SMILES string of the molecule is COCCc1[nH]ncc1-c1csc(Nc2nccc(C)n2)n1. The number of rotatable bonds is 6. The van der Waals surface area contributed by atoms with Gasteiger partial charge in [-0.05, 0) is 13.0 Å². The smallest absolute Gasteiger partial charge is 0.229 e. The maximum Gasteiger partial charge on any atom is 0.229 e. The molecule has 0 aliphatic rings. The van der Waals surface area contributed by atoms with E-state index >= 15 is 0 Å². The number of nitrogens with one attached hydrogen (secondary N) is 2. The van der Waals surface area contributed by atoms with Crippen LogP contribution >= 0.6 is 11.3 Å². The zero-order chi connectivity index (χ0) is 15.4. The minimum atomic E-state index is 0.549. The van der Waals surface area contributed by atoms with Crippen LogP contribution in [0.15, 0.2) is 23.8 Å². The third-order valence-electron chi connectivity index (χ3n) is 3.07. The van der Waals surface area contributed by atoms with Crippen LogP contribution in [-0.4, -0.2) is 38.9 Å². The number of anilines is 2. The lowest BCUT2D eigenvalue weighted by Crippen LogP contribution is -1.98. The Morgan fingerprint density at radius 2 is 2.27 bits per heavy atom. The maximum absolute atomic E-state index is 5.11. The molecule has 3 heterocycles. The molecular formula is C14H16N6OS. The topological polar surface area (TPSA) is 88.6 Å². The van der Waals surface area contributed by atoms with Crippen molar-refractivity contribution >= 4 is 22.4 Å². The molecule has 3 rings (SSSR count). The average Bonchev–Trinajstić information content (AvgIpc) is 3.13. The molecule has 0 saturated carbocycles. The van der Waals surface area contributed by atoms with Crippen molar-refractivity contribution in [2.45, 2.75) is 13.3 Å². The first-order valence-corrected chi connectivity index (χ1v) is 7.68. The number of thiazole rings is 1. The highest BCUT2D eigenvalue weighted by Crippen LogP contribution is 2.27. The molecule has 0 atom stereocenters. The van der Waals surface area contributed by atoms with Crippen LogP contribution in [0.3, 0.4) is 0 Å². The van der Waals surface area contributed by atoms with E-state index in [0.717, 1.165) is 34.2 Å². The standard InChI is InChI=1S/C14H16N6OS/c1-9-3-5-15-13(17-9)19-14-18-12(8-22-14)10-7-16-20-11(10)4-6-21-2/h3,5,7-8H,4,6H2,1-2H3,(H,16,20)(H,15,17,18,19). The quantitative estimate of drug-likeness (QED) is 0.726. The summed E-state index contributed by atoms with van der Waals surface area (Å²) in [5.41, 5.74) is 3.79. The lowest BCUT2D eigenvalue weighted by molar-refractivity contribution is 0.201. The number of hydrogen-bond acceptors (Lipinski definition) is 7. The van der Waals surface area contributed by atoms with E-state index < -0.39 is 0 Å². The summed E-state index contributed by atoms with van der Waals surface area (Å²) in [6.07, 6.45) is 4.28. The third-order valence-corrected chi connectivity index (χ3v) is 3.83. The molecule has 0 amide bonds. The second kappa shape index (κ2) is 6.63. The van der Waals surface area contributed by atoms with Gasteiger partial charge in [-0.3, -0.25) is 5.10 Å². The molecule has 0 saturated heterocycles. The molecule has 0 unspecified atom stereocenters. The fraction of sp³-hybridized carbons (Fsp3) is 0.286. The lowest BCUT2D eigenvalue weighted by atomic mass is 10.1. The zero-order valence-corrected chi connectivity index (χ0v) is 13.1. The Bertz CT molecular complexity index is 753. The van der Waals surface area contributed by atoms with Gasteiger partial charge in [-0.1, -0.05) is 0 Å². The summed E-state index contributed by atoms with van der Waals surface area (Å²) in [5, 5.41) is 12.9. The summed E-state index contributed by atoms with van der Waals surface area (Å²) < 4.78 is 5.11. The zero-order valence-electron chi connectivity index (χ0n) is 12.3. The van der Waals surface area contributed by atoms with E-state index in [0.29, 0.717) is 12.6 Å². The van der Waals surface area contributed by atoms with Crippen LogP contribution in [0.5, 0.6) is 0 Å². The largest absolute Gasteiger partial charge is 0.384 e. The van der Waals surface area contributed by atoms with E-state index in [-0.39, 0.29) is 0 Å². The summed E-state index contributed by atoms with van der Waals surface area (Å²) in [5.74, 6) is 0.549. The van der Waals surface area contributed by atoms with Crippen LogP contribution in [0.25, 0.3) is 11.3 Å². The molecule has 22 heavy (non-hydrogen) atoms. The van der Waals surface area contributed by atoms with Crippen LogP contribution in [-0.2, 0) is 11.2 Å². The number of H-pyrrole nitrogens is 1. The van der Waals surface area contributed by atoms with E-state index in [9.17, 15) is 0 Å². The summed E-state index contributed by atoms with van der Waals surface area (Å²) in [6, 6.07) is 1.85. The fourth-order valence-corrected chi connectivity index (χ4v) is 2.69. The van der Waals surface area contributed by atoms with Gasteiger partial charge in [0.15, 0.2) is 5.13 Å². The molecular weight excluding hydrogens is 300 g/mol. The van der Waals surface area contributed by atoms with Crippen LogP contribution < -0.4 is 5.32 Å². The second-order valence-electron chi connectivity index (χ2n) is 4.69. The van der Waals surface area contributed by atoms with Gasteiger partial charge < -0.3 is 10.1 Å². The van der Waals surface area contributed by atoms with Gasteiger partial charge in [0.1, 0.15) is 0 Å². The number of hydrogen-bond donors (Lipinski definition) is 2. The molecule has 0 aliphatic carbocycles. The predicted molar refractivity (Wildman–Crippen MR) is 85.3 cm³/mol. The molecule has 3 aromatic heterocycles. The van der Waals surface area contributed by atoms with Gasteiger partial charge in [0.2, 0.25) is 5.95 Å². The molecule has 8 heteroatoms. The Morgan fingerprint density at radius 3 is 3.09 bits per heavy atom. The average molecular weight is 316 g/mol. The molecule has 2 N–H and O–H groups in total. The monoisotopic (exact) mass is 316 g/mol. The first-order valence-electron chi connectivity index (χ1n) is 6.80. The lowest BCUT2D eigenvalue weighted by Gasteiger charge is -2.01. The Kier molecular flexibility index (Phi) is 4.40. The first kappa shape index (κ1) is 14.6. The Hall–Kier alpha value is -2.32. The Labute approximate surface area is 131 Å². The van der Waals surface area contributed by atoms with Crippen molar-refractivity contribution in [2.75, 3.05) is 19.0 Å². The second-order valence-corrected chi connectivity index (χ2v) is 5.55. The minimum absolute atomic E-state index is 0.549. The molecule has 0 bridgehead atoms. The molecule has 3 aromatic rings. The van der Waals surface area contributed by atoms with Gasteiger partial charge in [0.25, 0.3) is 0 Å². The number of aromatic amines is 1. The summed E-state index contributed by atoms with van der Waals surface area (Å²) >= 11 is 1.51. The summed E-state index contributed by atoms with van der Waals surface area (Å²) in [7, 11) is 1.68. The first-order chi connectivity index (χ1) is 10.8. The number of nitrogens with zero attached hydrogens (tertiary/aromatic N) is 4. The van der Waals surface area contributed by atoms with Gasteiger partial charge >= 0.3 is 0 Å². The summed E-state index contributed by atoms with van der Waals surface area (Å²) in [6.45, 7) is 2.56. The number of ether oxygens (including phenoxy) is 1. The summed E-state index contributed by atoms with van der Waals surface area (Å²) in [4.78, 5) is 13.1. The van der Waals surface area contributed by atoms with Crippen molar-refractivity contribution in [1.82, 2.24) is 25.1 Å². The van der Waals surface area contributed by atoms with Gasteiger partial charge in [-0.2, -0.15) is 5.10 Å². The predicted octanol–water partition coefficient (Wildman–Crippen LogP) is 2.56. The molecule has 0 radical (unpaired) electrons. The van der Waals surface area contributed by atoms with Crippen molar-refractivity contribution in [3.8, 4) is 11.3 Å². The Balaban J connectivity index is 1.78. The van der Waals surface area contributed by atoms with E-state index in [1.165, 1.54) is 11.3 Å². The van der Waals surface area contributed by atoms with Crippen LogP contribution in [0.4, 0.5) is 11.1 Å². The minimum Gasteiger partial charge on any atom is -0.384 e. The van der Waals surface area contributed by atoms with E-state index in [1.54, 1.807) is 19.5 Å². The third kappa shape index (κ3) is 3.29. The van der Waals surface area contributed by atoms with Crippen molar-refractivity contribution in [2.24, 2.45) is 0 Å². The van der Waals surface area contributed by atoms with E-state index in [1.807, 2.05) is 18.4 Å². The number of methoxy groups -OCH3 is 1. The molecule has 0 spiro atoms. The van der Waals surface area contributed by atoms with Gasteiger partial charge in [-0.15, -0.1) is 11.3 Å². The van der Waals surface area contributed by atoms with Crippen LogP contribution in [0, 0.1) is 6.92 Å². The van der Waals surface area contributed by atoms with Crippen LogP contribution in [0.2, 0.25) is 0 Å². The van der Waals surface area contributed by atoms with Gasteiger partial charge in [0.05, 0.1) is 18.5 Å². The molecule has 0 fully saturated rings. The maximum atomic E-state index is 5.11. The van der Waals surface area contributed by atoms with Crippen LogP contribution in [0.1, 0.15) is 11.4 Å². The Morgan fingerprint density at radius 1 is 1.36 bits per heavy atom. The highest BCUT2D eigenvalue weighted by Gasteiger charge is 2.12. The molecule has 7 nitrogen and oxygen atoms in total. The van der Waals surface area contributed by atoms with Crippen molar-refractivity contribution in [3.63, 3.8) is 0 Å². The van der Waals surface area contributed by atoms with Gasteiger partial charge in [0, 0.05) is 42.1 Å². The molecule has 0 aliphatic heterocycles. The normalized spacial score (nSPS) is 10.8. The number of aromatic nitrogens is 5. The highest BCUT2D eigenvalue weighted by molar-refractivity contribution is 7.14. The highest BCUT2D eigenvalue weighted by atomic mass is 32.1. The van der Waals surface area contributed by atoms with E-state index in [4.69, 9.17) is 4.74 Å². The number of aryl methyl sites for hydroxylation is 1. The molecule has 114 valence electrons. The van der Waals surface area contributed by atoms with Gasteiger partial charge in [-0.25, -0.2) is 15.0 Å². The van der Waals surface area contributed by atoms with Crippen molar-refractivity contribution < 1.29 is 4.74 Å². The van der Waals surface area contributed by atoms with Crippen molar-refractivity contribution in [3.05, 3.63) is 35.2 Å². The van der Waals surface area contributed by atoms with E-state index in [2.05, 4.69) is 30.5 Å². The van der Waals surface area contributed by atoms with Crippen molar-refractivity contribution in [1.29, 1.82) is 0 Å². The molecule has 0 aromatic carbocycles. The fourth-order valence-electron chi connectivity index (χ4n) is 1.99.